The van der Waals surface area contributed by atoms with Crippen molar-refractivity contribution < 1.29 is 17.2 Å². The number of aromatic nitrogens is 4. The van der Waals surface area contributed by atoms with E-state index in [-0.39, 0.29) is 17.6 Å². The van der Waals surface area contributed by atoms with Crippen molar-refractivity contribution in [3.05, 3.63) is 42.4 Å². The van der Waals surface area contributed by atoms with Crippen LogP contribution in [0.4, 0.5) is 14.6 Å². The Kier molecular flexibility index (Phi) is 5.98. The van der Waals surface area contributed by atoms with Gasteiger partial charge in [-0.05, 0) is 38.0 Å². The summed E-state index contributed by atoms with van der Waals surface area (Å²) in [6, 6.07) is 5.23. The van der Waals surface area contributed by atoms with Crippen molar-refractivity contribution in [2.45, 2.75) is 44.3 Å². The van der Waals surface area contributed by atoms with Gasteiger partial charge in [-0.2, -0.15) is 0 Å². The van der Waals surface area contributed by atoms with E-state index >= 15 is 0 Å². The van der Waals surface area contributed by atoms with Crippen LogP contribution in [-0.4, -0.2) is 76.7 Å². The minimum Gasteiger partial charge on any atom is -0.351 e. The van der Waals surface area contributed by atoms with Crippen LogP contribution in [0.3, 0.4) is 0 Å². The van der Waals surface area contributed by atoms with Crippen LogP contribution in [0.1, 0.15) is 31.8 Å². The zero-order chi connectivity index (χ0) is 24.0. The van der Waals surface area contributed by atoms with Crippen LogP contribution in [0.25, 0.3) is 17.2 Å². The van der Waals surface area contributed by atoms with Crippen LogP contribution < -0.4 is 9.62 Å². The Morgan fingerprint density at radius 2 is 1.97 bits per heavy atom. The van der Waals surface area contributed by atoms with Crippen molar-refractivity contribution in [3.63, 3.8) is 0 Å². The molecule has 1 aliphatic heterocycles. The molecule has 5 rings (SSSR count). The molecule has 0 aromatic carbocycles. The fraction of sp³-hybridized carbons (Fsp3) is 0.500. The van der Waals surface area contributed by atoms with Gasteiger partial charge in [0.25, 0.3) is 6.43 Å². The third-order valence-electron chi connectivity index (χ3n) is 6.59. The highest BCUT2D eigenvalue weighted by Gasteiger charge is 2.41. The normalized spacial score (nSPS) is 22.1. The molecule has 2 unspecified atom stereocenters. The number of hydrogen-bond acceptors (Lipinski definition) is 7. The number of nitrogens with one attached hydrogen (secondary N) is 1. The molecule has 0 bridgehead atoms. The second kappa shape index (κ2) is 8.82. The number of hydrogen-bond donors (Lipinski definition) is 1. The molecular formula is C22H27F2N7O2S. The number of anilines is 1. The average Bonchev–Trinajstić information content (AvgIpc) is 3.55. The number of piperazine rings is 1. The van der Waals surface area contributed by atoms with Crippen molar-refractivity contribution in [1.29, 1.82) is 0 Å². The Morgan fingerprint density at radius 1 is 1.18 bits per heavy atom. The van der Waals surface area contributed by atoms with Crippen LogP contribution in [0, 0.1) is 0 Å². The third-order valence-corrected chi connectivity index (χ3v) is 7.28. The summed E-state index contributed by atoms with van der Waals surface area (Å²) in [5.74, 6) is 1.09. The molecule has 182 valence electrons. The second-order valence-electron chi connectivity index (χ2n) is 8.96. The number of halogens is 2. The van der Waals surface area contributed by atoms with Gasteiger partial charge in [0.05, 0.1) is 12.5 Å². The first-order chi connectivity index (χ1) is 16.2. The minimum atomic E-state index is -3.31. The van der Waals surface area contributed by atoms with Gasteiger partial charge in [-0.15, -0.1) is 0 Å². The number of pyridine rings is 1. The van der Waals surface area contributed by atoms with Crippen LogP contribution in [0.15, 0.2) is 36.8 Å². The molecule has 3 aromatic rings. The fourth-order valence-electron chi connectivity index (χ4n) is 4.71. The number of rotatable bonds is 7. The zero-order valence-corrected chi connectivity index (χ0v) is 19.8. The number of fused-ring (bicyclic) bond motifs is 1. The Balaban J connectivity index is 1.45. The molecular weight excluding hydrogens is 464 g/mol. The van der Waals surface area contributed by atoms with E-state index in [0.29, 0.717) is 35.6 Å². The van der Waals surface area contributed by atoms with Gasteiger partial charge >= 0.3 is 0 Å². The predicted molar refractivity (Wildman–Crippen MR) is 124 cm³/mol. The van der Waals surface area contributed by atoms with Gasteiger partial charge in [0.15, 0.2) is 5.82 Å². The molecule has 0 amide bonds. The number of sulfonamides is 1. The summed E-state index contributed by atoms with van der Waals surface area (Å²) in [7, 11) is -3.31. The van der Waals surface area contributed by atoms with E-state index in [9.17, 15) is 17.2 Å². The standard InChI is InChI=1S/C22H27F2N7O2S/c1-14-17(12-27-34(2,32)33)30(16-4-5-16)10-9-29(14)20-7-8-25-22(28-20)18-11-26-19-6-3-15(21(23)24)13-31(18)19/h3,6-8,11,13-14,16-17,21,27H,4-5,9-10,12H2,1-2H3. The first kappa shape index (κ1) is 23.1. The molecule has 2 fully saturated rings. The molecule has 4 heterocycles. The molecule has 1 N–H and O–H groups in total. The third kappa shape index (κ3) is 4.62. The molecule has 34 heavy (non-hydrogen) atoms. The summed E-state index contributed by atoms with van der Waals surface area (Å²) in [5, 5.41) is 0. The zero-order valence-electron chi connectivity index (χ0n) is 19.0. The molecule has 0 radical (unpaired) electrons. The fourth-order valence-corrected chi connectivity index (χ4v) is 5.18. The van der Waals surface area contributed by atoms with Crippen molar-refractivity contribution >= 4 is 21.5 Å². The maximum absolute atomic E-state index is 13.2. The lowest BCUT2D eigenvalue weighted by Gasteiger charge is -2.47. The first-order valence-electron chi connectivity index (χ1n) is 11.3. The predicted octanol–water partition coefficient (Wildman–Crippen LogP) is 2.32. The highest BCUT2D eigenvalue weighted by molar-refractivity contribution is 7.88. The molecule has 2 aliphatic rings. The van der Waals surface area contributed by atoms with E-state index < -0.39 is 16.4 Å². The maximum atomic E-state index is 13.2. The van der Waals surface area contributed by atoms with Crippen molar-refractivity contribution in [1.82, 2.24) is 29.0 Å². The van der Waals surface area contributed by atoms with E-state index in [4.69, 9.17) is 4.98 Å². The highest BCUT2D eigenvalue weighted by Crippen LogP contribution is 2.34. The van der Waals surface area contributed by atoms with Gasteiger partial charge in [-0.3, -0.25) is 9.30 Å². The minimum absolute atomic E-state index is 0.000953. The molecule has 3 aromatic heterocycles. The van der Waals surface area contributed by atoms with E-state index in [0.717, 1.165) is 25.9 Å². The molecule has 12 heteroatoms. The van der Waals surface area contributed by atoms with Gasteiger partial charge < -0.3 is 4.90 Å². The van der Waals surface area contributed by atoms with Gasteiger partial charge in [-0.1, -0.05) is 0 Å². The summed E-state index contributed by atoms with van der Waals surface area (Å²) in [4.78, 5) is 18.0. The lowest BCUT2D eigenvalue weighted by molar-refractivity contribution is 0.138. The van der Waals surface area contributed by atoms with Gasteiger partial charge in [0.1, 0.15) is 17.2 Å². The van der Waals surface area contributed by atoms with Crippen LogP contribution in [-0.2, 0) is 10.0 Å². The second-order valence-corrected chi connectivity index (χ2v) is 10.8. The lowest BCUT2D eigenvalue weighted by atomic mass is 10.0. The molecule has 9 nitrogen and oxygen atoms in total. The monoisotopic (exact) mass is 491 g/mol. The van der Waals surface area contributed by atoms with Crippen LogP contribution in [0.2, 0.25) is 0 Å². The average molecular weight is 492 g/mol. The quantitative estimate of drug-likeness (QED) is 0.542. The number of imidazole rings is 1. The summed E-state index contributed by atoms with van der Waals surface area (Å²) >= 11 is 0. The van der Waals surface area contributed by atoms with Gasteiger partial charge in [-0.25, -0.2) is 36.9 Å². The first-order valence-corrected chi connectivity index (χ1v) is 13.2. The van der Waals surface area contributed by atoms with Gasteiger partial charge in [0.2, 0.25) is 10.0 Å². The maximum Gasteiger partial charge on any atom is 0.265 e. The molecule has 2 atom stereocenters. The van der Waals surface area contributed by atoms with Crippen LogP contribution in [0.5, 0.6) is 0 Å². The Bertz CT molecular complexity index is 1300. The molecule has 1 saturated carbocycles. The van der Waals surface area contributed by atoms with Crippen molar-refractivity contribution in [2.75, 3.05) is 30.8 Å². The van der Waals surface area contributed by atoms with E-state index in [1.165, 1.54) is 18.5 Å². The van der Waals surface area contributed by atoms with Crippen LogP contribution >= 0.6 is 0 Å². The Hall–Kier alpha value is -2.70. The topological polar surface area (TPSA) is 95.7 Å². The highest BCUT2D eigenvalue weighted by atomic mass is 32.2. The van der Waals surface area contributed by atoms with Crippen molar-refractivity contribution in [2.24, 2.45) is 0 Å². The molecule has 1 saturated heterocycles. The number of nitrogens with zero attached hydrogens (tertiary/aromatic N) is 6. The summed E-state index contributed by atoms with van der Waals surface area (Å²) in [6.07, 6.45) is 5.44. The largest absolute Gasteiger partial charge is 0.351 e. The molecule has 0 spiro atoms. The van der Waals surface area contributed by atoms with E-state index in [2.05, 4.69) is 31.4 Å². The summed E-state index contributed by atoms with van der Waals surface area (Å²) in [5.41, 5.74) is 0.958. The SMILES string of the molecule is CC1C(CNS(C)(=O)=O)N(C2CC2)CCN1c1ccnc(-c2cnc3ccc(C(F)F)cn23)n1. The number of alkyl halides is 2. The Morgan fingerprint density at radius 3 is 2.68 bits per heavy atom. The van der Waals surface area contributed by atoms with Crippen molar-refractivity contribution in [3.8, 4) is 11.5 Å². The molecule has 1 aliphatic carbocycles. The van der Waals surface area contributed by atoms with Gasteiger partial charge in [0, 0.05) is 55.7 Å². The summed E-state index contributed by atoms with van der Waals surface area (Å²) in [6.45, 7) is 3.95. The van der Waals surface area contributed by atoms with E-state index in [1.807, 2.05) is 6.07 Å². The van der Waals surface area contributed by atoms with E-state index in [1.54, 1.807) is 22.9 Å². The lowest BCUT2D eigenvalue weighted by Crippen LogP contribution is -2.62. The Labute approximate surface area is 196 Å². The smallest absolute Gasteiger partial charge is 0.265 e. The summed E-state index contributed by atoms with van der Waals surface area (Å²) < 4.78 is 54.2.